The van der Waals surface area contributed by atoms with Gasteiger partial charge < -0.3 is 18.9 Å². The van der Waals surface area contributed by atoms with Gasteiger partial charge in [-0.1, -0.05) is 12.1 Å². The van der Waals surface area contributed by atoms with Crippen LogP contribution in [0.5, 0.6) is 17.2 Å². The van der Waals surface area contributed by atoms with Crippen molar-refractivity contribution in [2.45, 2.75) is 18.9 Å². The number of esters is 1. The lowest BCUT2D eigenvalue weighted by Gasteiger charge is -2.19. The summed E-state index contributed by atoms with van der Waals surface area (Å²) in [5.74, 6) is 1.57. The minimum absolute atomic E-state index is 0.210. The molecule has 0 N–H and O–H groups in total. The predicted molar refractivity (Wildman–Crippen MR) is 88.0 cm³/mol. The molecule has 2 aromatic rings. The van der Waals surface area contributed by atoms with E-state index in [0.717, 1.165) is 35.1 Å². The van der Waals surface area contributed by atoms with Crippen LogP contribution in [-0.2, 0) is 11.2 Å². The first-order chi connectivity index (χ1) is 11.7. The van der Waals surface area contributed by atoms with Gasteiger partial charge in [-0.2, -0.15) is 0 Å². The number of hydrogen-bond donors (Lipinski definition) is 0. The van der Waals surface area contributed by atoms with Crippen LogP contribution in [0.15, 0.2) is 24.3 Å². The lowest BCUT2D eigenvalue weighted by molar-refractivity contribution is 0.0371. The van der Waals surface area contributed by atoms with Crippen molar-refractivity contribution < 1.29 is 23.7 Å². The first-order valence-electron chi connectivity index (χ1n) is 7.85. The topological polar surface area (TPSA) is 54.0 Å². The van der Waals surface area contributed by atoms with Crippen LogP contribution >= 0.6 is 0 Å². The Morgan fingerprint density at radius 1 is 1.04 bits per heavy atom. The fourth-order valence-corrected chi connectivity index (χ4v) is 3.75. The van der Waals surface area contributed by atoms with Crippen LogP contribution in [0.3, 0.4) is 0 Å². The normalized spacial score (nSPS) is 17.5. The maximum atomic E-state index is 12.1. The molecule has 0 spiro atoms. The van der Waals surface area contributed by atoms with Crippen molar-refractivity contribution in [2.24, 2.45) is 0 Å². The zero-order valence-corrected chi connectivity index (χ0v) is 13.8. The van der Waals surface area contributed by atoms with E-state index in [2.05, 4.69) is 0 Å². The van der Waals surface area contributed by atoms with E-state index in [9.17, 15) is 4.79 Å². The second-order valence-corrected chi connectivity index (χ2v) is 5.88. The van der Waals surface area contributed by atoms with Gasteiger partial charge in [0.25, 0.3) is 0 Å². The quantitative estimate of drug-likeness (QED) is 0.808. The van der Waals surface area contributed by atoms with E-state index in [0.29, 0.717) is 22.8 Å². The standard InChI is InChI=1S/C19H18O5/c1-21-14-9-10-7-8-13-16-11(5-4-6-12(16)19(20)24-13)15(10)18(23-3)17(14)22-2/h4-6,9,13H,7-8H2,1-3H3. The largest absolute Gasteiger partial charge is 0.493 e. The fraction of sp³-hybridized carbons (Fsp3) is 0.316. The molecular weight excluding hydrogens is 308 g/mol. The van der Waals surface area contributed by atoms with E-state index in [1.165, 1.54) is 0 Å². The number of methoxy groups -OCH3 is 3. The Kier molecular flexibility index (Phi) is 3.37. The number of rotatable bonds is 3. The van der Waals surface area contributed by atoms with Crippen molar-refractivity contribution in [3.05, 3.63) is 41.0 Å². The zero-order chi connectivity index (χ0) is 16.8. The van der Waals surface area contributed by atoms with Gasteiger partial charge in [-0.05, 0) is 36.1 Å². The molecule has 0 bridgehead atoms. The number of benzene rings is 2. The Labute approximate surface area is 140 Å². The van der Waals surface area contributed by atoms with E-state index in [4.69, 9.17) is 18.9 Å². The van der Waals surface area contributed by atoms with Crippen molar-refractivity contribution in [2.75, 3.05) is 21.3 Å². The molecule has 4 rings (SSSR count). The molecule has 5 heteroatoms. The number of aryl methyl sites for hydroxylation is 1. The van der Waals surface area contributed by atoms with E-state index in [1.54, 1.807) is 21.3 Å². The Morgan fingerprint density at radius 3 is 2.50 bits per heavy atom. The summed E-state index contributed by atoms with van der Waals surface area (Å²) < 4.78 is 22.2. The summed E-state index contributed by atoms with van der Waals surface area (Å²) in [7, 11) is 4.82. The van der Waals surface area contributed by atoms with Crippen LogP contribution in [0.4, 0.5) is 0 Å². The molecule has 1 aliphatic heterocycles. The molecule has 1 heterocycles. The average Bonchev–Trinajstić information content (AvgIpc) is 2.85. The maximum absolute atomic E-state index is 12.1. The Balaban J connectivity index is 2.07. The molecule has 1 atom stereocenters. The van der Waals surface area contributed by atoms with Crippen LogP contribution in [0.2, 0.25) is 0 Å². The maximum Gasteiger partial charge on any atom is 0.339 e. The van der Waals surface area contributed by atoms with Gasteiger partial charge in [0.15, 0.2) is 11.5 Å². The molecule has 0 amide bonds. The summed E-state index contributed by atoms with van der Waals surface area (Å²) in [6.45, 7) is 0. The smallest absolute Gasteiger partial charge is 0.339 e. The van der Waals surface area contributed by atoms with E-state index in [1.807, 2.05) is 24.3 Å². The molecule has 2 aromatic carbocycles. The Morgan fingerprint density at radius 2 is 1.79 bits per heavy atom. The van der Waals surface area contributed by atoms with Gasteiger partial charge in [0.05, 0.1) is 26.9 Å². The lowest BCUT2D eigenvalue weighted by Crippen LogP contribution is -2.02. The minimum atomic E-state index is -0.250. The van der Waals surface area contributed by atoms with Gasteiger partial charge in [-0.25, -0.2) is 4.79 Å². The minimum Gasteiger partial charge on any atom is -0.493 e. The Bertz CT molecular complexity index is 840. The van der Waals surface area contributed by atoms with Gasteiger partial charge in [0, 0.05) is 11.1 Å². The van der Waals surface area contributed by atoms with Crippen molar-refractivity contribution in [3.8, 4) is 28.4 Å². The Hall–Kier alpha value is -2.69. The number of hydrogen-bond acceptors (Lipinski definition) is 5. The van der Waals surface area contributed by atoms with Gasteiger partial charge >= 0.3 is 5.97 Å². The second kappa shape index (κ2) is 5.44. The summed E-state index contributed by atoms with van der Waals surface area (Å²) in [5, 5.41) is 0. The zero-order valence-electron chi connectivity index (χ0n) is 13.8. The molecule has 1 aliphatic carbocycles. The van der Waals surface area contributed by atoms with Gasteiger partial charge in [0.1, 0.15) is 6.10 Å². The number of carbonyl (C=O) groups excluding carboxylic acids is 1. The highest BCUT2D eigenvalue weighted by molar-refractivity contribution is 5.98. The molecule has 5 nitrogen and oxygen atoms in total. The van der Waals surface area contributed by atoms with Gasteiger partial charge in [-0.15, -0.1) is 0 Å². The summed E-state index contributed by atoms with van der Waals surface area (Å²) in [4.78, 5) is 12.1. The highest BCUT2D eigenvalue weighted by Gasteiger charge is 2.37. The number of fused-ring (bicyclic) bond motifs is 2. The van der Waals surface area contributed by atoms with E-state index in [-0.39, 0.29) is 12.1 Å². The lowest BCUT2D eigenvalue weighted by atomic mass is 9.92. The van der Waals surface area contributed by atoms with Crippen molar-refractivity contribution in [3.63, 3.8) is 0 Å². The molecule has 0 radical (unpaired) electrons. The van der Waals surface area contributed by atoms with Crippen LogP contribution in [-0.4, -0.2) is 27.3 Å². The molecule has 0 fully saturated rings. The van der Waals surface area contributed by atoms with Crippen LogP contribution in [0.25, 0.3) is 11.1 Å². The highest BCUT2D eigenvalue weighted by atomic mass is 16.5. The second-order valence-electron chi connectivity index (χ2n) is 5.88. The predicted octanol–water partition coefficient (Wildman–Crippen LogP) is 3.54. The van der Waals surface area contributed by atoms with Crippen LogP contribution in [0, 0.1) is 0 Å². The molecule has 24 heavy (non-hydrogen) atoms. The molecule has 124 valence electrons. The summed E-state index contributed by atoms with van der Waals surface area (Å²) in [5.41, 5.74) is 4.61. The molecule has 0 saturated carbocycles. The first-order valence-corrected chi connectivity index (χ1v) is 7.85. The van der Waals surface area contributed by atoms with Crippen molar-refractivity contribution >= 4 is 5.97 Å². The van der Waals surface area contributed by atoms with E-state index >= 15 is 0 Å². The van der Waals surface area contributed by atoms with Crippen molar-refractivity contribution in [1.82, 2.24) is 0 Å². The molecule has 0 saturated heterocycles. The summed E-state index contributed by atoms with van der Waals surface area (Å²) in [6, 6.07) is 7.69. The fourth-order valence-electron chi connectivity index (χ4n) is 3.75. The molecule has 2 aliphatic rings. The first kappa shape index (κ1) is 14.9. The van der Waals surface area contributed by atoms with Gasteiger partial charge in [0.2, 0.25) is 5.75 Å². The van der Waals surface area contributed by atoms with Gasteiger partial charge in [-0.3, -0.25) is 0 Å². The van der Waals surface area contributed by atoms with Crippen molar-refractivity contribution in [1.29, 1.82) is 0 Å². The molecule has 0 aromatic heterocycles. The van der Waals surface area contributed by atoms with Crippen LogP contribution in [0.1, 0.15) is 34.0 Å². The van der Waals surface area contributed by atoms with E-state index < -0.39 is 0 Å². The third kappa shape index (κ3) is 1.90. The summed E-state index contributed by atoms with van der Waals surface area (Å²) in [6.07, 6.45) is 1.29. The summed E-state index contributed by atoms with van der Waals surface area (Å²) >= 11 is 0. The SMILES string of the molecule is COc1cc2c(c(OC)c1OC)-c1cccc3c1C(CC2)OC3=O. The molecule has 1 unspecified atom stereocenters. The van der Waals surface area contributed by atoms with Crippen LogP contribution < -0.4 is 14.2 Å². The third-order valence-electron chi connectivity index (χ3n) is 4.75. The average molecular weight is 326 g/mol. The monoisotopic (exact) mass is 326 g/mol. The number of ether oxygens (including phenoxy) is 4. The third-order valence-corrected chi connectivity index (χ3v) is 4.75. The number of carbonyl (C=O) groups is 1. The molecular formula is C19H18O5. The highest BCUT2D eigenvalue weighted by Crippen LogP contribution is 2.52.